The zero-order valence-corrected chi connectivity index (χ0v) is 9.35. The van der Waals surface area contributed by atoms with E-state index in [1.165, 1.54) is 7.05 Å². The third-order valence-electron chi connectivity index (χ3n) is 1.61. The molecule has 0 aliphatic heterocycles. The molecular weight excluding hydrogens is 202 g/mol. The molecule has 0 aliphatic carbocycles. The molecule has 0 fully saturated rings. The van der Waals surface area contributed by atoms with E-state index in [1.807, 2.05) is 0 Å². The third kappa shape index (κ3) is 4.64. The summed E-state index contributed by atoms with van der Waals surface area (Å²) < 4.78 is 4.94. The molecule has 1 amide bonds. The minimum atomic E-state index is -1.28. The largest absolute Gasteiger partial charge is 0.480 e. The summed E-state index contributed by atoms with van der Waals surface area (Å²) in [6.45, 7) is 4.37. The van der Waals surface area contributed by atoms with Gasteiger partial charge in [0.05, 0.1) is 6.61 Å². The molecule has 0 aromatic heterocycles. The topological polar surface area (TPSA) is 87.1 Å². The fraction of sp³-hybridized carbons (Fsp3) is 0.778. The highest BCUT2D eigenvalue weighted by molar-refractivity contribution is 5.80. The number of carboxylic acids is 1. The van der Waals surface area contributed by atoms with Crippen LogP contribution in [0.2, 0.25) is 0 Å². The van der Waals surface area contributed by atoms with Crippen molar-refractivity contribution in [2.24, 2.45) is 0 Å². The third-order valence-corrected chi connectivity index (χ3v) is 1.61. The van der Waals surface area contributed by atoms with E-state index in [1.54, 1.807) is 20.8 Å². The molecule has 15 heavy (non-hydrogen) atoms. The Kier molecular flexibility index (Phi) is 4.54. The number of likely N-dealkylation sites (N-methyl/N-ethyl adjacent to an activating group) is 1. The number of carbonyl (C=O) groups is 2. The van der Waals surface area contributed by atoms with Crippen LogP contribution in [0.3, 0.4) is 0 Å². The van der Waals surface area contributed by atoms with E-state index in [-0.39, 0.29) is 0 Å². The van der Waals surface area contributed by atoms with Crippen LogP contribution in [0, 0.1) is 0 Å². The van der Waals surface area contributed by atoms with Crippen molar-refractivity contribution in [1.29, 1.82) is 0 Å². The van der Waals surface area contributed by atoms with Crippen molar-refractivity contribution >= 4 is 12.1 Å². The van der Waals surface area contributed by atoms with E-state index in [9.17, 15) is 9.59 Å². The SMILES string of the molecule is CN(C(=O)OC(C)(C)C)C(CO)C(=O)O. The number of aliphatic carboxylic acids is 1. The summed E-state index contributed by atoms with van der Waals surface area (Å²) in [6.07, 6.45) is -0.774. The fourth-order valence-corrected chi connectivity index (χ4v) is 0.827. The van der Waals surface area contributed by atoms with Crippen molar-refractivity contribution in [1.82, 2.24) is 4.90 Å². The first-order valence-electron chi connectivity index (χ1n) is 4.48. The Bertz CT molecular complexity index is 245. The van der Waals surface area contributed by atoms with Gasteiger partial charge in [-0.2, -0.15) is 0 Å². The van der Waals surface area contributed by atoms with Crippen LogP contribution in [0.15, 0.2) is 0 Å². The van der Waals surface area contributed by atoms with Crippen molar-refractivity contribution in [3.05, 3.63) is 0 Å². The summed E-state index contributed by atoms with van der Waals surface area (Å²) in [5.41, 5.74) is -0.691. The first-order chi connectivity index (χ1) is 6.69. The summed E-state index contributed by atoms with van der Waals surface area (Å²) in [7, 11) is 1.27. The number of aliphatic hydroxyl groups excluding tert-OH is 1. The number of nitrogens with zero attached hydrogens (tertiary/aromatic N) is 1. The summed E-state index contributed by atoms with van der Waals surface area (Å²) in [5, 5.41) is 17.5. The van der Waals surface area contributed by atoms with Gasteiger partial charge in [0, 0.05) is 7.05 Å². The van der Waals surface area contributed by atoms with Gasteiger partial charge in [0.1, 0.15) is 5.60 Å². The first kappa shape index (κ1) is 13.7. The molecule has 0 rings (SSSR count). The van der Waals surface area contributed by atoms with Gasteiger partial charge in [-0.1, -0.05) is 0 Å². The molecule has 0 radical (unpaired) electrons. The van der Waals surface area contributed by atoms with Gasteiger partial charge in [-0.05, 0) is 20.8 Å². The Morgan fingerprint density at radius 1 is 1.40 bits per heavy atom. The van der Waals surface area contributed by atoms with Crippen molar-refractivity contribution in [2.75, 3.05) is 13.7 Å². The normalized spacial score (nSPS) is 13.1. The Balaban J connectivity index is 4.49. The number of rotatable bonds is 3. The van der Waals surface area contributed by atoms with Gasteiger partial charge in [0.2, 0.25) is 0 Å². The van der Waals surface area contributed by atoms with Crippen LogP contribution in [0.4, 0.5) is 4.79 Å². The lowest BCUT2D eigenvalue weighted by atomic mass is 10.2. The molecule has 2 N–H and O–H groups in total. The fourth-order valence-electron chi connectivity index (χ4n) is 0.827. The average molecular weight is 219 g/mol. The van der Waals surface area contributed by atoms with Gasteiger partial charge in [-0.15, -0.1) is 0 Å². The molecule has 6 nitrogen and oxygen atoms in total. The van der Waals surface area contributed by atoms with Crippen LogP contribution < -0.4 is 0 Å². The quantitative estimate of drug-likeness (QED) is 0.712. The number of carboxylic acid groups (broad SMARTS) is 1. The number of carbonyl (C=O) groups excluding carboxylic acids is 1. The molecule has 6 heteroatoms. The molecule has 0 bridgehead atoms. The second kappa shape index (κ2) is 4.97. The Morgan fingerprint density at radius 2 is 1.87 bits per heavy atom. The smallest absolute Gasteiger partial charge is 0.410 e. The van der Waals surface area contributed by atoms with Crippen molar-refractivity contribution in [3.8, 4) is 0 Å². The summed E-state index contributed by atoms with van der Waals surface area (Å²) >= 11 is 0. The van der Waals surface area contributed by atoms with Gasteiger partial charge in [0.15, 0.2) is 6.04 Å². The van der Waals surface area contributed by atoms with Crippen LogP contribution in [-0.4, -0.2) is 52.5 Å². The average Bonchev–Trinajstić information content (AvgIpc) is 2.01. The molecule has 0 aromatic carbocycles. The molecule has 0 saturated carbocycles. The van der Waals surface area contributed by atoms with Crippen LogP contribution in [0.5, 0.6) is 0 Å². The molecule has 0 aromatic rings. The zero-order valence-electron chi connectivity index (χ0n) is 9.35. The highest BCUT2D eigenvalue weighted by Crippen LogP contribution is 2.10. The summed E-state index contributed by atoms with van der Waals surface area (Å²) in [5.74, 6) is -1.27. The standard InChI is InChI=1S/C9H17NO5/c1-9(2,3)15-8(14)10(4)6(5-11)7(12)13/h6,11H,5H2,1-4H3,(H,12,13). The number of hydrogen-bond donors (Lipinski definition) is 2. The van der Waals surface area contributed by atoms with E-state index in [0.717, 1.165) is 4.90 Å². The van der Waals surface area contributed by atoms with E-state index in [0.29, 0.717) is 0 Å². The Morgan fingerprint density at radius 3 is 2.13 bits per heavy atom. The van der Waals surface area contributed by atoms with Gasteiger partial charge in [-0.25, -0.2) is 9.59 Å². The number of ether oxygens (including phenoxy) is 1. The highest BCUT2D eigenvalue weighted by atomic mass is 16.6. The lowest BCUT2D eigenvalue weighted by Gasteiger charge is -2.27. The van der Waals surface area contributed by atoms with Gasteiger partial charge in [0.25, 0.3) is 0 Å². The lowest BCUT2D eigenvalue weighted by Crippen LogP contribution is -2.46. The van der Waals surface area contributed by atoms with E-state index in [4.69, 9.17) is 14.9 Å². The molecule has 0 aliphatic rings. The van der Waals surface area contributed by atoms with E-state index < -0.39 is 30.3 Å². The Labute approximate surface area is 88.4 Å². The molecule has 1 atom stereocenters. The summed E-state index contributed by atoms with van der Waals surface area (Å²) in [4.78, 5) is 22.9. The van der Waals surface area contributed by atoms with Crippen LogP contribution >= 0.6 is 0 Å². The van der Waals surface area contributed by atoms with E-state index in [2.05, 4.69) is 0 Å². The number of amides is 1. The van der Waals surface area contributed by atoms with Crippen LogP contribution in [0.1, 0.15) is 20.8 Å². The van der Waals surface area contributed by atoms with Gasteiger partial charge >= 0.3 is 12.1 Å². The van der Waals surface area contributed by atoms with Gasteiger partial charge in [-0.3, -0.25) is 4.90 Å². The van der Waals surface area contributed by atoms with Crippen molar-refractivity contribution < 1.29 is 24.5 Å². The maximum atomic E-state index is 11.4. The number of aliphatic hydroxyl groups is 1. The molecule has 0 heterocycles. The predicted octanol–water partition coefficient (Wildman–Crippen LogP) is 0.299. The second-order valence-electron chi connectivity index (χ2n) is 4.13. The van der Waals surface area contributed by atoms with E-state index >= 15 is 0 Å². The molecule has 88 valence electrons. The lowest BCUT2D eigenvalue weighted by molar-refractivity contribution is -0.144. The van der Waals surface area contributed by atoms with Crippen molar-refractivity contribution in [3.63, 3.8) is 0 Å². The predicted molar refractivity (Wildman–Crippen MR) is 52.5 cm³/mol. The monoisotopic (exact) mass is 219 g/mol. The first-order valence-corrected chi connectivity index (χ1v) is 4.48. The van der Waals surface area contributed by atoms with Crippen molar-refractivity contribution in [2.45, 2.75) is 32.4 Å². The van der Waals surface area contributed by atoms with Crippen LogP contribution in [-0.2, 0) is 9.53 Å². The highest BCUT2D eigenvalue weighted by Gasteiger charge is 2.29. The minimum Gasteiger partial charge on any atom is -0.480 e. The maximum absolute atomic E-state index is 11.4. The molecule has 0 spiro atoms. The minimum absolute atomic E-state index is 0.648. The second-order valence-corrected chi connectivity index (χ2v) is 4.13. The molecule has 0 saturated heterocycles. The Hall–Kier alpha value is -1.30. The number of hydrogen-bond acceptors (Lipinski definition) is 4. The zero-order chi connectivity index (χ0) is 12.2. The molecule has 1 unspecified atom stereocenters. The van der Waals surface area contributed by atoms with Gasteiger partial charge < -0.3 is 14.9 Å². The maximum Gasteiger partial charge on any atom is 0.410 e. The molecular formula is C9H17NO5. The van der Waals surface area contributed by atoms with Crippen LogP contribution in [0.25, 0.3) is 0 Å². The summed E-state index contributed by atoms with van der Waals surface area (Å²) in [6, 6.07) is -1.28.